The van der Waals surface area contributed by atoms with Crippen LogP contribution >= 0.6 is 0 Å². The zero-order valence-electron chi connectivity index (χ0n) is 12.0. The number of likely N-dealkylation sites (tertiary alicyclic amines) is 1. The Labute approximate surface area is 120 Å². The van der Waals surface area contributed by atoms with Crippen LogP contribution in [0.15, 0.2) is 0 Å². The minimum absolute atomic E-state index is 0.0472. The normalized spacial score (nSPS) is 19.9. The van der Waals surface area contributed by atoms with Gasteiger partial charge in [-0.15, -0.1) is 0 Å². The third-order valence-corrected chi connectivity index (χ3v) is 4.16. The lowest BCUT2D eigenvalue weighted by Crippen LogP contribution is -2.32. The fourth-order valence-corrected chi connectivity index (χ4v) is 2.97. The molecule has 1 aliphatic carbocycles. The molecule has 3 amide bonds. The largest absolute Gasteiger partial charge is 0.353 e. The Morgan fingerprint density at radius 2 is 1.70 bits per heavy atom. The smallest absolute Gasteiger partial charge is 0.229 e. The second-order valence-electron chi connectivity index (χ2n) is 5.80. The Bertz CT molecular complexity index is 359. The van der Waals surface area contributed by atoms with E-state index >= 15 is 0 Å². The van der Waals surface area contributed by atoms with Crippen molar-refractivity contribution in [2.24, 2.45) is 0 Å². The van der Waals surface area contributed by atoms with Crippen LogP contribution in [-0.4, -0.2) is 35.2 Å². The number of imide groups is 1. The van der Waals surface area contributed by atoms with Crippen LogP contribution in [0, 0.1) is 0 Å². The van der Waals surface area contributed by atoms with E-state index in [1.807, 2.05) is 0 Å². The number of amides is 3. The molecule has 0 bridgehead atoms. The lowest BCUT2D eigenvalue weighted by atomic mass is 10.1. The van der Waals surface area contributed by atoms with E-state index in [0.717, 1.165) is 32.1 Å². The summed E-state index contributed by atoms with van der Waals surface area (Å²) in [6, 6.07) is 0.391. The highest BCUT2D eigenvalue weighted by molar-refractivity contribution is 6.01. The first-order chi connectivity index (χ1) is 9.66. The summed E-state index contributed by atoms with van der Waals surface area (Å²) in [6.45, 7) is 0.516. The predicted octanol–water partition coefficient (Wildman–Crippen LogP) is 1.75. The van der Waals surface area contributed by atoms with Crippen LogP contribution < -0.4 is 5.32 Å². The monoisotopic (exact) mass is 280 g/mol. The van der Waals surface area contributed by atoms with Crippen LogP contribution in [0.2, 0.25) is 0 Å². The van der Waals surface area contributed by atoms with Gasteiger partial charge in [0.1, 0.15) is 0 Å². The highest BCUT2D eigenvalue weighted by Crippen LogP contribution is 2.18. The second-order valence-corrected chi connectivity index (χ2v) is 5.80. The molecular weight excluding hydrogens is 256 g/mol. The molecule has 0 atom stereocenters. The summed E-state index contributed by atoms with van der Waals surface area (Å²) in [5, 5.41) is 3.07. The van der Waals surface area contributed by atoms with Crippen molar-refractivity contribution in [3.05, 3.63) is 0 Å². The zero-order chi connectivity index (χ0) is 14.4. The molecule has 112 valence electrons. The van der Waals surface area contributed by atoms with Gasteiger partial charge >= 0.3 is 0 Å². The van der Waals surface area contributed by atoms with Crippen molar-refractivity contribution in [3.8, 4) is 0 Å². The quantitative estimate of drug-likeness (QED) is 0.571. The van der Waals surface area contributed by atoms with Gasteiger partial charge in [0.2, 0.25) is 17.7 Å². The molecule has 0 radical (unpaired) electrons. The third-order valence-electron chi connectivity index (χ3n) is 4.16. The first-order valence-electron chi connectivity index (χ1n) is 7.79. The molecule has 1 aliphatic heterocycles. The Balaban J connectivity index is 1.51. The molecule has 20 heavy (non-hydrogen) atoms. The van der Waals surface area contributed by atoms with Crippen molar-refractivity contribution in [1.29, 1.82) is 0 Å². The van der Waals surface area contributed by atoms with Gasteiger partial charge in [0.15, 0.2) is 0 Å². The first-order valence-corrected chi connectivity index (χ1v) is 7.79. The van der Waals surface area contributed by atoms with Gasteiger partial charge in [0.25, 0.3) is 0 Å². The summed E-state index contributed by atoms with van der Waals surface area (Å²) < 4.78 is 0. The molecule has 1 saturated heterocycles. The van der Waals surface area contributed by atoms with Gasteiger partial charge in [-0.2, -0.15) is 0 Å². The van der Waals surface area contributed by atoms with E-state index in [0.29, 0.717) is 31.8 Å². The van der Waals surface area contributed by atoms with Crippen molar-refractivity contribution in [1.82, 2.24) is 10.2 Å². The number of unbranched alkanes of at least 4 members (excludes halogenated alkanes) is 2. The van der Waals surface area contributed by atoms with Crippen LogP contribution in [-0.2, 0) is 14.4 Å². The zero-order valence-corrected chi connectivity index (χ0v) is 12.0. The van der Waals surface area contributed by atoms with Gasteiger partial charge in [-0.3, -0.25) is 19.3 Å². The topological polar surface area (TPSA) is 66.5 Å². The average molecular weight is 280 g/mol. The van der Waals surface area contributed by atoms with E-state index in [4.69, 9.17) is 0 Å². The Morgan fingerprint density at radius 3 is 2.35 bits per heavy atom. The Hall–Kier alpha value is -1.39. The van der Waals surface area contributed by atoms with Crippen molar-refractivity contribution in [3.63, 3.8) is 0 Å². The van der Waals surface area contributed by atoms with Crippen molar-refractivity contribution < 1.29 is 14.4 Å². The fraction of sp³-hybridized carbons (Fsp3) is 0.800. The Morgan fingerprint density at radius 1 is 1.05 bits per heavy atom. The summed E-state index contributed by atoms with van der Waals surface area (Å²) in [4.78, 5) is 35.8. The maximum Gasteiger partial charge on any atom is 0.229 e. The lowest BCUT2D eigenvalue weighted by molar-refractivity contribution is -0.138. The van der Waals surface area contributed by atoms with E-state index in [-0.39, 0.29) is 17.7 Å². The SMILES string of the molecule is O=C(CCCCCN1C(=O)CCC1=O)NC1CCCC1. The fourth-order valence-electron chi connectivity index (χ4n) is 2.97. The summed E-state index contributed by atoms with van der Waals surface area (Å²) in [5.74, 6) is 0.0492. The van der Waals surface area contributed by atoms with Gasteiger partial charge in [0, 0.05) is 31.8 Å². The number of rotatable bonds is 7. The van der Waals surface area contributed by atoms with Gasteiger partial charge in [-0.25, -0.2) is 0 Å². The van der Waals surface area contributed by atoms with Crippen molar-refractivity contribution in [2.75, 3.05) is 6.54 Å². The minimum atomic E-state index is -0.0472. The van der Waals surface area contributed by atoms with Crippen LogP contribution in [0.3, 0.4) is 0 Å². The number of hydrogen-bond acceptors (Lipinski definition) is 3. The molecule has 2 fully saturated rings. The van der Waals surface area contributed by atoms with Gasteiger partial charge in [-0.1, -0.05) is 19.3 Å². The molecule has 1 N–H and O–H groups in total. The van der Waals surface area contributed by atoms with Crippen molar-refractivity contribution >= 4 is 17.7 Å². The Kier molecular flexibility index (Phi) is 5.56. The summed E-state index contributed by atoms with van der Waals surface area (Å²) in [6.07, 6.45) is 8.48. The third kappa shape index (κ3) is 4.32. The van der Waals surface area contributed by atoms with Gasteiger partial charge in [-0.05, 0) is 25.7 Å². The van der Waals surface area contributed by atoms with E-state index < -0.39 is 0 Å². The molecule has 0 aromatic rings. The molecule has 0 unspecified atom stereocenters. The standard InChI is InChI=1S/C15H24N2O3/c18-13(16-12-6-3-4-7-12)8-2-1-5-11-17-14(19)9-10-15(17)20/h12H,1-11H2,(H,16,18). The molecule has 1 saturated carbocycles. The summed E-state index contributed by atoms with van der Waals surface area (Å²) in [5.41, 5.74) is 0. The van der Waals surface area contributed by atoms with Crippen LogP contribution in [0.1, 0.15) is 64.2 Å². The maximum absolute atomic E-state index is 11.7. The van der Waals surface area contributed by atoms with Crippen molar-refractivity contribution in [2.45, 2.75) is 70.3 Å². The van der Waals surface area contributed by atoms with E-state index in [1.165, 1.54) is 17.7 Å². The predicted molar refractivity (Wildman–Crippen MR) is 74.8 cm³/mol. The molecular formula is C15H24N2O3. The van der Waals surface area contributed by atoms with Gasteiger partial charge in [0.05, 0.1) is 0 Å². The highest BCUT2D eigenvalue weighted by atomic mass is 16.2. The lowest BCUT2D eigenvalue weighted by Gasteiger charge is -2.14. The van der Waals surface area contributed by atoms with Crippen LogP contribution in [0.25, 0.3) is 0 Å². The number of hydrogen-bond donors (Lipinski definition) is 1. The molecule has 2 aliphatic rings. The number of carbonyl (C=O) groups excluding carboxylic acids is 3. The molecule has 0 spiro atoms. The summed E-state index contributed by atoms with van der Waals surface area (Å²) in [7, 11) is 0. The molecule has 1 heterocycles. The minimum Gasteiger partial charge on any atom is -0.353 e. The van der Waals surface area contributed by atoms with E-state index in [2.05, 4.69) is 5.32 Å². The molecule has 5 heteroatoms. The number of carbonyl (C=O) groups is 3. The molecule has 0 aromatic heterocycles. The van der Waals surface area contributed by atoms with E-state index in [1.54, 1.807) is 0 Å². The van der Waals surface area contributed by atoms with Crippen LogP contribution in [0.5, 0.6) is 0 Å². The van der Waals surface area contributed by atoms with E-state index in [9.17, 15) is 14.4 Å². The molecule has 5 nitrogen and oxygen atoms in total. The maximum atomic E-state index is 11.7. The van der Waals surface area contributed by atoms with Gasteiger partial charge < -0.3 is 5.32 Å². The number of nitrogens with zero attached hydrogens (tertiary/aromatic N) is 1. The average Bonchev–Trinajstić information content (AvgIpc) is 3.02. The molecule has 0 aromatic carbocycles. The van der Waals surface area contributed by atoms with Crippen LogP contribution in [0.4, 0.5) is 0 Å². The second kappa shape index (κ2) is 7.41. The highest BCUT2D eigenvalue weighted by Gasteiger charge is 2.27. The number of nitrogens with one attached hydrogen (secondary N) is 1. The summed E-state index contributed by atoms with van der Waals surface area (Å²) >= 11 is 0. The molecule has 2 rings (SSSR count). The first kappa shape index (κ1) is 15.0.